The van der Waals surface area contributed by atoms with Crippen LogP contribution >= 0.6 is 11.8 Å². The topological polar surface area (TPSA) is 47.4 Å². The van der Waals surface area contributed by atoms with E-state index in [1.165, 1.54) is 23.9 Å². The Kier molecular flexibility index (Phi) is 5.20. The minimum absolute atomic E-state index is 0.0740. The first-order valence-corrected chi connectivity index (χ1v) is 9.15. The number of thioether (sulfide) groups is 1. The Balaban J connectivity index is 1.94. The average Bonchev–Trinajstić information content (AvgIpc) is 3.05. The number of morpholine rings is 1. The van der Waals surface area contributed by atoms with E-state index >= 15 is 0 Å². The van der Waals surface area contributed by atoms with E-state index in [-0.39, 0.29) is 17.8 Å². The Morgan fingerprint density at radius 1 is 1.42 bits per heavy atom. The highest BCUT2D eigenvalue weighted by atomic mass is 32.2. The third-order valence-corrected chi connectivity index (χ3v) is 4.75. The fraction of sp³-hybridized carbons (Fsp3) is 0.412. The molecule has 24 heavy (non-hydrogen) atoms. The molecule has 1 fully saturated rings. The second-order valence-corrected chi connectivity index (χ2v) is 6.37. The summed E-state index contributed by atoms with van der Waals surface area (Å²) >= 11 is 1.45. The van der Waals surface area contributed by atoms with Gasteiger partial charge in [0, 0.05) is 18.8 Å². The second-order valence-electron chi connectivity index (χ2n) is 5.59. The van der Waals surface area contributed by atoms with Crippen molar-refractivity contribution in [2.45, 2.75) is 24.6 Å². The van der Waals surface area contributed by atoms with E-state index in [0.29, 0.717) is 30.5 Å². The monoisotopic (exact) mass is 349 g/mol. The number of nitrogens with zero attached hydrogens (tertiary/aromatic N) is 3. The molecule has 5 nitrogen and oxygen atoms in total. The fourth-order valence-corrected chi connectivity index (χ4v) is 3.33. The highest BCUT2D eigenvalue weighted by molar-refractivity contribution is 7.98. The number of halogens is 1. The molecule has 1 saturated heterocycles. The molecule has 0 radical (unpaired) electrons. The van der Waals surface area contributed by atoms with Gasteiger partial charge < -0.3 is 9.64 Å². The molecular formula is C17H20FN3O2S. The average molecular weight is 349 g/mol. The first-order valence-electron chi connectivity index (χ1n) is 7.92. The molecular weight excluding hydrogens is 329 g/mol. The van der Waals surface area contributed by atoms with Crippen molar-refractivity contribution in [1.82, 2.24) is 14.5 Å². The molecule has 2 aromatic rings. The Labute approximate surface area is 144 Å². The van der Waals surface area contributed by atoms with Gasteiger partial charge >= 0.3 is 0 Å². The van der Waals surface area contributed by atoms with E-state index in [1.54, 1.807) is 27.8 Å². The van der Waals surface area contributed by atoms with Crippen LogP contribution < -0.4 is 0 Å². The summed E-state index contributed by atoms with van der Waals surface area (Å²) in [5, 5.41) is 0.699. The first-order chi connectivity index (χ1) is 11.6. The van der Waals surface area contributed by atoms with Crippen LogP contribution in [0, 0.1) is 5.82 Å². The Morgan fingerprint density at radius 3 is 2.83 bits per heavy atom. The predicted octanol–water partition coefficient (Wildman–Crippen LogP) is 2.98. The summed E-state index contributed by atoms with van der Waals surface area (Å²) in [5.41, 5.74) is 1.21. The number of ether oxygens (including phenoxy) is 1. The van der Waals surface area contributed by atoms with Crippen LogP contribution in [0.4, 0.5) is 4.39 Å². The lowest BCUT2D eigenvalue weighted by atomic mass is 10.2. The molecule has 1 aliphatic rings. The van der Waals surface area contributed by atoms with Crippen molar-refractivity contribution in [3.8, 4) is 5.69 Å². The molecule has 3 rings (SSSR count). The third-order valence-electron chi connectivity index (χ3n) is 4.10. The molecule has 2 heterocycles. The molecule has 0 bridgehead atoms. The van der Waals surface area contributed by atoms with Crippen LogP contribution in [0.2, 0.25) is 0 Å². The maximum absolute atomic E-state index is 13.2. The number of hydrogen-bond acceptors (Lipinski definition) is 4. The number of hydrogen-bond donors (Lipinski definition) is 0. The predicted molar refractivity (Wildman–Crippen MR) is 91.2 cm³/mol. The van der Waals surface area contributed by atoms with Crippen molar-refractivity contribution >= 4 is 17.7 Å². The summed E-state index contributed by atoms with van der Waals surface area (Å²) in [6.07, 6.45) is 4.44. The maximum Gasteiger partial charge on any atom is 0.272 e. The molecule has 128 valence electrons. The summed E-state index contributed by atoms with van der Waals surface area (Å²) in [4.78, 5) is 19.1. The maximum atomic E-state index is 13.2. The van der Waals surface area contributed by atoms with Crippen molar-refractivity contribution < 1.29 is 13.9 Å². The van der Waals surface area contributed by atoms with Crippen molar-refractivity contribution in [1.29, 1.82) is 0 Å². The van der Waals surface area contributed by atoms with Gasteiger partial charge in [-0.25, -0.2) is 9.37 Å². The molecule has 1 aliphatic heterocycles. The molecule has 1 atom stereocenters. The minimum atomic E-state index is -0.309. The van der Waals surface area contributed by atoms with Crippen LogP contribution in [0.15, 0.2) is 35.6 Å². The number of aromatic nitrogens is 2. The minimum Gasteiger partial charge on any atom is -0.375 e. The van der Waals surface area contributed by atoms with Gasteiger partial charge in [0.25, 0.3) is 5.91 Å². The van der Waals surface area contributed by atoms with Crippen molar-refractivity contribution in [2.75, 3.05) is 26.0 Å². The smallest absolute Gasteiger partial charge is 0.272 e. The molecule has 1 aromatic heterocycles. The van der Waals surface area contributed by atoms with Crippen LogP contribution in [0.5, 0.6) is 0 Å². The summed E-state index contributed by atoms with van der Waals surface area (Å²) in [5.74, 6) is -0.384. The van der Waals surface area contributed by atoms with Gasteiger partial charge in [-0.2, -0.15) is 0 Å². The van der Waals surface area contributed by atoms with Gasteiger partial charge in [0.05, 0.1) is 18.9 Å². The van der Waals surface area contributed by atoms with Gasteiger partial charge in [-0.3, -0.25) is 9.36 Å². The Morgan fingerprint density at radius 2 is 2.17 bits per heavy atom. The van der Waals surface area contributed by atoms with E-state index in [9.17, 15) is 9.18 Å². The van der Waals surface area contributed by atoms with E-state index in [0.717, 1.165) is 12.1 Å². The van der Waals surface area contributed by atoms with Gasteiger partial charge in [-0.1, -0.05) is 18.7 Å². The number of benzene rings is 1. The summed E-state index contributed by atoms with van der Waals surface area (Å²) in [7, 11) is 0. The lowest BCUT2D eigenvalue weighted by molar-refractivity contribution is -0.0229. The molecule has 0 aliphatic carbocycles. The van der Waals surface area contributed by atoms with Crippen LogP contribution in [-0.4, -0.2) is 52.4 Å². The van der Waals surface area contributed by atoms with Crippen LogP contribution in [0.1, 0.15) is 23.8 Å². The quantitative estimate of drug-likeness (QED) is 0.796. The number of carbonyl (C=O) groups is 1. The van der Waals surface area contributed by atoms with E-state index in [2.05, 4.69) is 4.98 Å². The lowest BCUT2D eigenvalue weighted by Crippen LogP contribution is -2.45. The first kappa shape index (κ1) is 17.0. The van der Waals surface area contributed by atoms with Crippen LogP contribution in [0.3, 0.4) is 0 Å². The van der Waals surface area contributed by atoms with Crippen molar-refractivity contribution in [3.05, 3.63) is 42.0 Å². The van der Waals surface area contributed by atoms with Gasteiger partial charge in [0.15, 0.2) is 5.16 Å². The van der Waals surface area contributed by atoms with Crippen LogP contribution in [-0.2, 0) is 4.74 Å². The highest BCUT2D eigenvalue weighted by Crippen LogP contribution is 2.23. The van der Waals surface area contributed by atoms with Crippen LogP contribution in [0.25, 0.3) is 5.69 Å². The molecule has 0 saturated carbocycles. The molecule has 1 amide bonds. The number of rotatable bonds is 4. The number of amides is 1. The van der Waals surface area contributed by atoms with E-state index in [4.69, 9.17) is 4.74 Å². The van der Waals surface area contributed by atoms with E-state index in [1.807, 2.05) is 13.2 Å². The zero-order chi connectivity index (χ0) is 17.1. The zero-order valence-corrected chi connectivity index (χ0v) is 14.6. The van der Waals surface area contributed by atoms with Crippen molar-refractivity contribution in [3.63, 3.8) is 0 Å². The summed E-state index contributed by atoms with van der Waals surface area (Å²) < 4.78 is 20.6. The molecule has 0 unspecified atom stereocenters. The SMILES string of the molecule is CC[C@H]1CN(C(=O)c2cnc(SC)n2-c2ccc(F)cc2)CCO1. The largest absolute Gasteiger partial charge is 0.375 e. The van der Waals surface area contributed by atoms with E-state index < -0.39 is 0 Å². The van der Waals surface area contributed by atoms with Gasteiger partial charge in [-0.15, -0.1) is 0 Å². The number of carbonyl (C=O) groups excluding carboxylic acids is 1. The van der Waals surface area contributed by atoms with Crippen molar-refractivity contribution in [2.24, 2.45) is 0 Å². The molecule has 7 heteroatoms. The molecule has 0 N–H and O–H groups in total. The summed E-state index contributed by atoms with van der Waals surface area (Å²) in [6.45, 7) is 3.74. The highest BCUT2D eigenvalue weighted by Gasteiger charge is 2.27. The van der Waals surface area contributed by atoms with Gasteiger partial charge in [0.1, 0.15) is 11.5 Å². The third kappa shape index (κ3) is 3.32. The fourth-order valence-electron chi connectivity index (χ4n) is 2.78. The summed E-state index contributed by atoms with van der Waals surface area (Å²) in [6, 6.07) is 6.08. The molecule has 1 aromatic carbocycles. The molecule has 0 spiro atoms. The second kappa shape index (κ2) is 7.36. The number of imidazole rings is 1. The Bertz CT molecular complexity index is 717. The lowest BCUT2D eigenvalue weighted by Gasteiger charge is -2.32. The van der Waals surface area contributed by atoms with Gasteiger partial charge in [-0.05, 0) is 36.9 Å². The standard InChI is InChI=1S/C17H20FN3O2S/c1-3-14-11-20(8-9-23-14)16(22)15-10-19-17(24-2)21(15)13-6-4-12(18)5-7-13/h4-7,10,14H,3,8-9,11H2,1-2H3/t14-/m0/s1. The zero-order valence-electron chi connectivity index (χ0n) is 13.7. The Hall–Kier alpha value is -1.86. The normalized spacial score (nSPS) is 18.0. The van der Waals surface area contributed by atoms with Gasteiger partial charge in [0.2, 0.25) is 0 Å².